The predicted molar refractivity (Wildman–Crippen MR) is 54.6 cm³/mol. The zero-order valence-electron chi connectivity index (χ0n) is 8.97. The molecule has 0 aliphatic carbocycles. The number of amides is 1. The highest BCUT2D eigenvalue weighted by atomic mass is 16.6. The first-order valence-corrected chi connectivity index (χ1v) is 5.19. The number of carbonyl (C=O) groups is 1. The maximum Gasteiger partial charge on any atom is 0.277 e. The van der Waals surface area contributed by atoms with E-state index in [1.54, 1.807) is 0 Å². The molecule has 1 fully saturated rings. The van der Waals surface area contributed by atoms with Crippen molar-refractivity contribution in [3.63, 3.8) is 0 Å². The molecule has 1 aromatic rings. The summed E-state index contributed by atoms with van der Waals surface area (Å²) in [6.07, 6.45) is 2.04. The normalized spacial score (nSPS) is 21.9. The van der Waals surface area contributed by atoms with Gasteiger partial charge in [-0.15, -0.1) is 0 Å². The number of hydrogen-bond donors (Lipinski definition) is 2. The van der Waals surface area contributed by atoms with Gasteiger partial charge in [0.2, 0.25) is 11.5 Å². The van der Waals surface area contributed by atoms with Crippen LogP contribution >= 0.6 is 0 Å². The highest BCUT2D eigenvalue weighted by Crippen LogP contribution is 2.16. The number of ether oxygens (including phenoxy) is 1. The molecule has 7 heteroatoms. The lowest BCUT2D eigenvalue weighted by molar-refractivity contribution is 0.0707. The fourth-order valence-corrected chi connectivity index (χ4v) is 1.72. The van der Waals surface area contributed by atoms with Crippen LogP contribution in [0.4, 0.5) is 5.82 Å². The summed E-state index contributed by atoms with van der Waals surface area (Å²) in [6.45, 7) is 2.64. The average Bonchev–Trinajstić information content (AvgIpc) is 2.86. The molecule has 2 heterocycles. The predicted octanol–water partition coefficient (Wildman–Crippen LogP) is -0.0509. The fourth-order valence-electron chi connectivity index (χ4n) is 1.72. The van der Waals surface area contributed by atoms with Gasteiger partial charge in [0.05, 0.1) is 12.1 Å². The Morgan fingerprint density at radius 1 is 1.62 bits per heavy atom. The number of nitrogens with two attached hydrogens (primary N) is 1. The molecule has 1 aliphatic rings. The minimum absolute atomic E-state index is 0.00274. The molecule has 2 atom stereocenters. The standard InChI is InChI=1S/C9H14N4O3/c1-5(6-3-2-4-15-6)11-9(14)7-8(10)13-16-12-7/h5-6H,2-4H2,1H3,(H2,10,13)(H,11,14). The molecule has 3 N–H and O–H groups in total. The topological polar surface area (TPSA) is 103 Å². The zero-order chi connectivity index (χ0) is 11.5. The van der Waals surface area contributed by atoms with Crippen LogP contribution in [0.25, 0.3) is 0 Å². The number of nitrogen functional groups attached to an aromatic ring is 1. The largest absolute Gasteiger partial charge is 0.379 e. The van der Waals surface area contributed by atoms with Crippen molar-refractivity contribution in [3.05, 3.63) is 5.69 Å². The fraction of sp³-hybridized carbons (Fsp3) is 0.667. The summed E-state index contributed by atoms with van der Waals surface area (Å²) in [6, 6.07) is -0.0777. The lowest BCUT2D eigenvalue weighted by atomic mass is 10.1. The summed E-state index contributed by atoms with van der Waals surface area (Å²) in [4.78, 5) is 11.7. The van der Waals surface area contributed by atoms with Crippen molar-refractivity contribution in [2.75, 3.05) is 12.3 Å². The number of carbonyl (C=O) groups excluding carboxylic acids is 1. The molecule has 0 radical (unpaired) electrons. The summed E-state index contributed by atoms with van der Waals surface area (Å²) in [5.74, 6) is -0.390. The van der Waals surface area contributed by atoms with Gasteiger partial charge in [-0.25, -0.2) is 4.63 Å². The van der Waals surface area contributed by atoms with E-state index in [1.807, 2.05) is 6.92 Å². The van der Waals surface area contributed by atoms with Gasteiger partial charge in [-0.05, 0) is 30.1 Å². The SMILES string of the molecule is CC(NC(=O)c1nonc1N)C1CCCO1. The van der Waals surface area contributed by atoms with E-state index < -0.39 is 0 Å². The Kier molecular flexibility index (Phi) is 3.04. The Bertz CT molecular complexity index is 373. The first-order chi connectivity index (χ1) is 7.68. The number of anilines is 1. The summed E-state index contributed by atoms with van der Waals surface area (Å²) in [7, 11) is 0. The van der Waals surface area contributed by atoms with Crippen LogP contribution in [0, 0.1) is 0 Å². The molecule has 2 unspecified atom stereocenters. The molecule has 0 saturated carbocycles. The average molecular weight is 226 g/mol. The molecule has 1 aliphatic heterocycles. The van der Waals surface area contributed by atoms with Crippen LogP contribution in [0.1, 0.15) is 30.3 Å². The van der Waals surface area contributed by atoms with Crippen molar-refractivity contribution in [2.45, 2.75) is 31.9 Å². The van der Waals surface area contributed by atoms with Gasteiger partial charge in [0.15, 0.2) is 0 Å². The van der Waals surface area contributed by atoms with Crippen LogP contribution in [-0.4, -0.2) is 35.0 Å². The smallest absolute Gasteiger partial charge is 0.277 e. The quantitative estimate of drug-likeness (QED) is 0.748. The van der Waals surface area contributed by atoms with Crippen LogP contribution in [0.3, 0.4) is 0 Å². The van der Waals surface area contributed by atoms with Crippen molar-refractivity contribution < 1.29 is 14.2 Å². The van der Waals surface area contributed by atoms with Crippen LogP contribution in [0.15, 0.2) is 4.63 Å². The van der Waals surface area contributed by atoms with E-state index in [-0.39, 0.29) is 29.6 Å². The second kappa shape index (κ2) is 4.48. The lowest BCUT2D eigenvalue weighted by Gasteiger charge is -2.19. The van der Waals surface area contributed by atoms with E-state index in [1.165, 1.54) is 0 Å². The van der Waals surface area contributed by atoms with Gasteiger partial charge in [-0.2, -0.15) is 0 Å². The van der Waals surface area contributed by atoms with Crippen molar-refractivity contribution in [2.24, 2.45) is 0 Å². The van der Waals surface area contributed by atoms with Gasteiger partial charge < -0.3 is 15.8 Å². The monoisotopic (exact) mass is 226 g/mol. The van der Waals surface area contributed by atoms with Crippen LogP contribution in [-0.2, 0) is 4.74 Å². The van der Waals surface area contributed by atoms with Crippen LogP contribution in [0.5, 0.6) is 0 Å². The van der Waals surface area contributed by atoms with Gasteiger partial charge in [0, 0.05) is 6.61 Å². The van der Waals surface area contributed by atoms with E-state index in [0.717, 1.165) is 19.4 Å². The van der Waals surface area contributed by atoms with E-state index in [0.29, 0.717) is 0 Å². The highest BCUT2D eigenvalue weighted by Gasteiger charge is 2.25. The molecule has 1 aromatic heterocycles. The minimum atomic E-state index is -0.387. The van der Waals surface area contributed by atoms with E-state index in [2.05, 4.69) is 20.3 Å². The Morgan fingerprint density at radius 2 is 2.44 bits per heavy atom. The first-order valence-electron chi connectivity index (χ1n) is 5.19. The maximum atomic E-state index is 11.7. The van der Waals surface area contributed by atoms with Crippen molar-refractivity contribution in [1.29, 1.82) is 0 Å². The summed E-state index contributed by atoms with van der Waals surface area (Å²) < 4.78 is 9.81. The highest BCUT2D eigenvalue weighted by molar-refractivity contribution is 5.96. The van der Waals surface area contributed by atoms with Gasteiger partial charge in [-0.1, -0.05) is 0 Å². The number of rotatable bonds is 3. The maximum absolute atomic E-state index is 11.7. The van der Waals surface area contributed by atoms with Gasteiger partial charge in [0.25, 0.3) is 5.91 Å². The molecule has 1 amide bonds. The van der Waals surface area contributed by atoms with Crippen LogP contribution < -0.4 is 11.1 Å². The number of nitrogens with zero attached hydrogens (tertiary/aromatic N) is 2. The lowest BCUT2D eigenvalue weighted by Crippen LogP contribution is -2.41. The number of nitrogens with one attached hydrogen (secondary N) is 1. The summed E-state index contributed by atoms with van der Waals surface area (Å²) >= 11 is 0. The third-order valence-electron chi connectivity index (χ3n) is 2.61. The van der Waals surface area contributed by atoms with Crippen LogP contribution in [0.2, 0.25) is 0 Å². The molecule has 88 valence electrons. The minimum Gasteiger partial charge on any atom is -0.379 e. The third kappa shape index (κ3) is 2.13. The molecular formula is C9H14N4O3. The number of hydrogen-bond acceptors (Lipinski definition) is 6. The third-order valence-corrected chi connectivity index (χ3v) is 2.61. The first kappa shape index (κ1) is 10.9. The zero-order valence-corrected chi connectivity index (χ0v) is 8.97. The molecule has 0 aromatic carbocycles. The molecular weight excluding hydrogens is 212 g/mol. The van der Waals surface area contributed by atoms with E-state index >= 15 is 0 Å². The van der Waals surface area contributed by atoms with Crippen molar-refractivity contribution in [3.8, 4) is 0 Å². The summed E-state index contributed by atoms with van der Waals surface area (Å²) in [5.41, 5.74) is 5.43. The van der Waals surface area contributed by atoms with E-state index in [4.69, 9.17) is 10.5 Å². The van der Waals surface area contributed by atoms with Gasteiger partial charge >= 0.3 is 0 Å². The molecule has 0 bridgehead atoms. The molecule has 7 nitrogen and oxygen atoms in total. The molecule has 0 spiro atoms. The Labute approximate surface area is 92.3 Å². The van der Waals surface area contributed by atoms with Gasteiger partial charge in [-0.3, -0.25) is 4.79 Å². The molecule has 16 heavy (non-hydrogen) atoms. The second-order valence-corrected chi connectivity index (χ2v) is 3.81. The Balaban J connectivity index is 1.94. The van der Waals surface area contributed by atoms with E-state index in [9.17, 15) is 4.79 Å². The van der Waals surface area contributed by atoms with Crippen molar-refractivity contribution >= 4 is 11.7 Å². The Morgan fingerprint density at radius 3 is 3.00 bits per heavy atom. The summed E-state index contributed by atoms with van der Waals surface area (Å²) in [5, 5.41) is 9.53. The number of aromatic nitrogens is 2. The van der Waals surface area contributed by atoms with Gasteiger partial charge in [0.1, 0.15) is 0 Å². The Hall–Kier alpha value is -1.63. The molecule has 2 rings (SSSR count). The van der Waals surface area contributed by atoms with Crippen molar-refractivity contribution in [1.82, 2.24) is 15.6 Å². The second-order valence-electron chi connectivity index (χ2n) is 3.81. The molecule has 1 saturated heterocycles.